The van der Waals surface area contributed by atoms with Crippen LogP contribution < -0.4 is 5.32 Å². The molecule has 0 bridgehead atoms. The molecule has 0 aliphatic heterocycles. The Morgan fingerprint density at radius 1 is 1.14 bits per heavy atom. The molecule has 1 aromatic rings. The Bertz CT molecular complexity index is 601. The fourth-order valence-corrected chi connectivity index (χ4v) is 1.29. The largest absolute Gasteiger partial charge is 0.463 e. The van der Waals surface area contributed by atoms with Crippen molar-refractivity contribution in [3.63, 3.8) is 0 Å². The zero-order valence-electron chi connectivity index (χ0n) is 11.6. The van der Waals surface area contributed by atoms with Gasteiger partial charge in [-0.15, -0.1) is 0 Å². The minimum absolute atomic E-state index is 0.157. The average molecular weight is 313 g/mol. The lowest BCUT2D eigenvalue weighted by atomic mass is 10.3. The number of nitrogens with one attached hydrogen (secondary N) is 1. The van der Waals surface area contributed by atoms with E-state index in [1.807, 2.05) is 0 Å². The molecule has 0 saturated heterocycles. The summed E-state index contributed by atoms with van der Waals surface area (Å²) < 4.78 is 35.0. The average Bonchev–Trinajstić information content (AvgIpc) is 2.46. The van der Waals surface area contributed by atoms with E-state index in [2.05, 4.69) is 14.8 Å². The maximum Gasteiger partial charge on any atom is 0.331 e. The maximum absolute atomic E-state index is 13.3. The second-order valence-electron chi connectivity index (χ2n) is 3.87. The van der Waals surface area contributed by atoms with E-state index < -0.39 is 36.1 Å². The van der Waals surface area contributed by atoms with Crippen LogP contribution in [0.2, 0.25) is 0 Å². The molecule has 0 saturated carbocycles. The molecule has 0 aliphatic rings. The highest BCUT2D eigenvalue weighted by Crippen LogP contribution is 2.14. The number of halogens is 2. The summed E-state index contributed by atoms with van der Waals surface area (Å²) in [4.78, 5) is 33.6. The Morgan fingerprint density at radius 3 is 2.36 bits per heavy atom. The summed E-state index contributed by atoms with van der Waals surface area (Å²) in [6.07, 6.45) is 1.65. The molecule has 6 nitrogen and oxygen atoms in total. The van der Waals surface area contributed by atoms with Gasteiger partial charge in [-0.05, 0) is 19.1 Å². The Labute approximate surface area is 124 Å². The lowest BCUT2D eigenvalue weighted by molar-refractivity contribution is -0.143. The molecule has 1 rings (SSSR count). The Morgan fingerprint density at radius 2 is 1.77 bits per heavy atom. The van der Waals surface area contributed by atoms with Crippen LogP contribution >= 0.6 is 0 Å². The number of carbonyl (C=O) groups is 3. The summed E-state index contributed by atoms with van der Waals surface area (Å²) >= 11 is 0. The minimum Gasteiger partial charge on any atom is -0.463 e. The van der Waals surface area contributed by atoms with Crippen molar-refractivity contribution in [1.82, 2.24) is 0 Å². The predicted octanol–water partition coefficient (Wildman–Crippen LogP) is 1.57. The first-order valence-electron chi connectivity index (χ1n) is 6.19. The molecule has 0 radical (unpaired) electrons. The molecule has 0 spiro atoms. The monoisotopic (exact) mass is 313 g/mol. The zero-order valence-corrected chi connectivity index (χ0v) is 11.6. The summed E-state index contributed by atoms with van der Waals surface area (Å²) in [5.74, 6) is -4.23. The maximum atomic E-state index is 13.3. The van der Waals surface area contributed by atoms with Crippen molar-refractivity contribution in [2.24, 2.45) is 0 Å². The second kappa shape index (κ2) is 8.50. The Balaban J connectivity index is 2.42. The molecular formula is C14H13F2NO5. The van der Waals surface area contributed by atoms with Crippen LogP contribution in [0.15, 0.2) is 30.4 Å². The SMILES string of the molecule is CCOC(=O)/C=C/C(=O)OCC(=O)Nc1ccc(F)cc1F. The first kappa shape index (κ1) is 17.3. The van der Waals surface area contributed by atoms with Gasteiger partial charge in [0.05, 0.1) is 12.3 Å². The minimum atomic E-state index is -0.957. The Kier molecular flexibility index (Phi) is 6.68. The molecule has 0 heterocycles. The molecule has 22 heavy (non-hydrogen) atoms. The molecule has 0 unspecified atom stereocenters. The molecule has 0 atom stereocenters. The molecule has 118 valence electrons. The van der Waals surface area contributed by atoms with E-state index in [0.717, 1.165) is 24.3 Å². The highest BCUT2D eigenvalue weighted by molar-refractivity contribution is 5.95. The number of hydrogen-bond donors (Lipinski definition) is 1. The molecular weight excluding hydrogens is 300 g/mol. The first-order chi connectivity index (χ1) is 10.4. The second-order valence-corrected chi connectivity index (χ2v) is 3.87. The van der Waals surface area contributed by atoms with Crippen LogP contribution in [0.5, 0.6) is 0 Å². The van der Waals surface area contributed by atoms with Crippen LogP contribution in [-0.2, 0) is 23.9 Å². The van der Waals surface area contributed by atoms with Crippen molar-refractivity contribution < 1.29 is 32.6 Å². The van der Waals surface area contributed by atoms with E-state index in [-0.39, 0.29) is 12.3 Å². The third-order valence-corrected chi connectivity index (χ3v) is 2.19. The summed E-state index contributed by atoms with van der Waals surface area (Å²) in [5, 5.41) is 2.10. The summed E-state index contributed by atoms with van der Waals surface area (Å²) in [7, 11) is 0. The van der Waals surface area contributed by atoms with Gasteiger partial charge in [-0.2, -0.15) is 0 Å². The van der Waals surface area contributed by atoms with E-state index in [0.29, 0.717) is 6.07 Å². The van der Waals surface area contributed by atoms with Crippen LogP contribution in [0.3, 0.4) is 0 Å². The van der Waals surface area contributed by atoms with Crippen LogP contribution in [0.25, 0.3) is 0 Å². The van der Waals surface area contributed by atoms with Gasteiger partial charge in [0, 0.05) is 18.2 Å². The van der Waals surface area contributed by atoms with Crippen LogP contribution in [0, 0.1) is 11.6 Å². The molecule has 1 N–H and O–H groups in total. The van der Waals surface area contributed by atoms with E-state index in [1.54, 1.807) is 6.92 Å². The topological polar surface area (TPSA) is 81.7 Å². The molecule has 0 aliphatic carbocycles. The Hall–Kier alpha value is -2.77. The van der Waals surface area contributed by atoms with Gasteiger partial charge >= 0.3 is 11.9 Å². The number of rotatable bonds is 6. The van der Waals surface area contributed by atoms with Gasteiger partial charge in [0.15, 0.2) is 6.61 Å². The highest BCUT2D eigenvalue weighted by atomic mass is 19.1. The normalized spacial score (nSPS) is 10.3. The third-order valence-electron chi connectivity index (χ3n) is 2.19. The van der Waals surface area contributed by atoms with Crippen LogP contribution in [-0.4, -0.2) is 31.1 Å². The predicted molar refractivity (Wildman–Crippen MR) is 71.7 cm³/mol. The van der Waals surface area contributed by atoms with E-state index in [9.17, 15) is 23.2 Å². The fourth-order valence-electron chi connectivity index (χ4n) is 1.29. The zero-order chi connectivity index (χ0) is 16.5. The van der Waals surface area contributed by atoms with Crippen molar-refractivity contribution in [3.8, 4) is 0 Å². The van der Waals surface area contributed by atoms with E-state index in [1.165, 1.54) is 0 Å². The molecule has 0 fully saturated rings. The van der Waals surface area contributed by atoms with Gasteiger partial charge in [0.1, 0.15) is 11.6 Å². The van der Waals surface area contributed by atoms with Crippen molar-refractivity contribution >= 4 is 23.5 Å². The highest BCUT2D eigenvalue weighted by Gasteiger charge is 2.10. The lowest BCUT2D eigenvalue weighted by Crippen LogP contribution is -2.20. The van der Waals surface area contributed by atoms with Crippen molar-refractivity contribution in [2.45, 2.75) is 6.92 Å². The van der Waals surface area contributed by atoms with Gasteiger partial charge < -0.3 is 14.8 Å². The van der Waals surface area contributed by atoms with Gasteiger partial charge in [-0.25, -0.2) is 18.4 Å². The number of esters is 2. The number of benzene rings is 1. The van der Waals surface area contributed by atoms with Crippen LogP contribution in [0.1, 0.15) is 6.92 Å². The third kappa shape index (κ3) is 6.12. The standard InChI is InChI=1S/C14H13F2NO5/c1-2-21-13(19)5-6-14(20)22-8-12(18)17-11-4-3-9(15)7-10(11)16/h3-7H,2,8H2,1H3,(H,17,18)/b6-5+. The van der Waals surface area contributed by atoms with Crippen molar-refractivity contribution in [1.29, 1.82) is 0 Å². The van der Waals surface area contributed by atoms with E-state index in [4.69, 9.17) is 0 Å². The van der Waals surface area contributed by atoms with Crippen molar-refractivity contribution in [2.75, 3.05) is 18.5 Å². The quantitative estimate of drug-likeness (QED) is 0.637. The van der Waals surface area contributed by atoms with Gasteiger partial charge in [0.2, 0.25) is 0 Å². The summed E-state index contributed by atoms with van der Waals surface area (Å²) in [6.45, 7) is 1.07. The number of ether oxygens (including phenoxy) is 2. The lowest BCUT2D eigenvalue weighted by Gasteiger charge is -2.06. The molecule has 1 aromatic carbocycles. The van der Waals surface area contributed by atoms with Gasteiger partial charge in [-0.3, -0.25) is 4.79 Å². The number of amides is 1. The summed E-state index contributed by atoms with van der Waals surface area (Å²) in [5.41, 5.74) is -0.246. The summed E-state index contributed by atoms with van der Waals surface area (Å²) in [6, 6.07) is 2.60. The first-order valence-corrected chi connectivity index (χ1v) is 6.19. The number of carbonyl (C=O) groups excluding carboxylic acids is 3. The van der Waals surface area contributed by atoms with E-state index >= 15 is 0 Å². The molecule has 8 heteroatoms. The van der Waals surface area contributed by atoms with Crippen LogP contribution in [0.4, 0.5) is 14.5 Å². The van der Waals surface area contributed by atoms with Crippen molar-refractivity contribution in [3.05, 3.63) is 42.0 Å². The fraction of sp³-hybridized carbons (Fsp3) is 0.214. The number of anilines is 1. The van der Waals surface area contributed by atoms with Gasteiger partial charge in [-0.1, -0.05) is 0 Å². The van der Waals surface area contributed by atoms with Gasteiger partial charge in [0.25, 0.3) is 5.91 Å². The smallest absolute Gasteiger partial charge is 0.331 e. The molecule has 0 aromatic heterocycles. The molecule has 1 amide bonds. The number of hydrogen-bond acceptors (Lipinski definition) is 5.